The van der Waals surface area contributed by atoms with Gasteiger partial charge in [0.05, 0.1) is 12.6 Å². The highest BCUT2D eigenvalue weighted by atomic mass is 16.3. The van der Waals surface area contributed by atoms with E-state index in [-0.39, 0.29) is 18.6 Å². The summed E-state index contributed by atoms with van der Waals surface area (Å²) in [6.45, 7) is 1.68. The molecule has 0 radical (unpaired) electrons. The van der Waals surface area contributed by atoms with Crippen LogP contribution >= 0.6 is 0 Å². The predicted molar refractivity (Wildman–Crippen MR) is 73.3 cm³/mol. The minimum Gasteiger partial charge on any atom is -0.394 e. The highest BCUT2D eigenvalue weighted by molar-refractivity contribution is 5.94. The van der Waals surface area contributed by atoms with E-state index in [4.69, 9.17) is 10.8 Å². The monoisotopic (exact) mass is 262 g/mol. The van der Waals surface area contributed by atoms with Crippen molar-refractivity contribution in [2.75, 3.05) is 13.7 Å². The van der Waals surface area contributed by atoms with Gasteiger partial charge in [0, 0.05) is 18.7 Å². The van der Waals surface area contributed by atoms with E-state index < -0.39 is 5.91 Å². The van der Waals surface area contributed by atoms with Crippen LogP contribution in [0.3, 0.4) is 0 Å². The van der Waals surface area contributed by atoms with Crippen LogP contribution < -0.4 is 5.73 Å². The second-order valence-corrected chi connectivity index (χ2v) is 4.30. The van der Waals surface area contributed by atoms with E-state index in [9.17, 15) is 9.59 Å². The Morgan fingerprint density at radius 3 is 2.42 bits per heavy atom. The summed E-state index contributed by atoms with van der Waals surface area (Å²) in [5.74, 6) is -0.677. The predicted octanol–water partition coefficient (Wildman–Crippen LogP) is 0.638. The lowest BCUT2D eigenvalue weighted by Gasteiger charge is -2.21. The zero-order valence-corrected chi connectivity index (χ0v) is 11.0. The van der Waals surface area contributed by atoms with Crippen molar-refractivity contribution < 1.29 is 14.7 Å². The molecule has 0 aliphatic heterocycles. The molecule has 1 aromatic rings. The Hall–Kier alpha value is -2.14. The van der Waals surface area contributed by atoms with Crippen LogP contribution in [0, 0.1) is 0 Å². The van der Waals surface area contributed by atoms with Crippen LogP contribution in [-0.2, 0) is 4.79 Å². The molecular weight excluding hydrogens is 244 g/mol. The number of nitrogens with zero attached hydrogens (tertiary/aromatic N) is 1. The third-order valence-corrected chi connectivity index (χ3v) is 2.89. The maximum Gasteiger partial charge on any atom is 0.248 e. The minimum atomic E-state index is -0.483. The van der Waals surface area contributed by atoms with Crippen LogP contribution in [0.5, 0.6) is 0 Å². The van der Waals surface area contributed by atoms with Gasteiger partial charge in [0.15, 0.2) is 0 Å². The largest absolute Gasteiger partial charge is 0.394 e. The highest BCUT2D eigenvalue weighted by Crippen LogP contribution is 2.06. The first-order chi connectivity index (χ1) is 8.95. The highest BCUT2D eigenvalue weighted by Gasteiger charge is 2.11. The summed E-state index contributed by atoms with van der Waals surface area (Å²) in [6, 6.07) is 6.40. The molecule has 0 aliphatic rings. The lowest BCUT2D eigenvalue weighted by molar-refractivity contribution is -0.127. The van der Waals surface area contributed by atoms with Crippen molar-refractivity contribution in [3.63, 3.8) is 0 Å². The van der Waals surface area contributed by atoms with Gasteiger partial charge in [0.1, 0.15) is 0 Å². The number of amides is 2. The molecule has 19 heavy (non-hydrogen) atoms. The van der Waals surface area contributed by atoms with E-state index in [1.54, 1.807) is 44.3 Å². The fourth-order valence-corrected chi connectivity index (χ4v) is 1.38. The van der Waals surface area contributed by atoms with E-state index in [1.807, 2.05) is 0 Å². The van der Waals surface area contributed by atoms with Crippen molar-refractivity contribution in [1.82, 2.24) is 4.90 Å². The van der Waals surface area contributed by atoms with Gasteiger partial charge in [-0.15, -0.1) is 0 Å². The zero-order valence-electron chi connectivity index (χ0n) is 11.0. The number of nitrogens with two attached hydrogens (primary N) is 1. The molecule has 2 amide bonds. The Balaban J connectivity index is 2.71. The number of carbonyl (C=O) groups excluding carboxylic acids is 2. The summed E-state index contributed by atoms with van der Waals surface area (Å²) in [5, 5.41) is 8.96. The number of carbonyl (C=O) groups is 2. The van der Waals surface area contributed by atoms with Crippen LogP contribution in [-0.4, -0.2) is 41.5 Å². The van der Waals surface area contributed by atoms with Crippen molar-refractivity contribution in [2.24, 2.45) is 5.73 Å². The number of hydrogen-bond donors (Lipinski definition) is 2. The maximum atomic E-state index is 11.7. The lowest BCUT2D eigenvalue weighted by atomic mass is 10.1. The first-order valence-electron chi connectivity index (χ1n) is 5.91. The number of aliphatic hydroxyl groups excluding tert-OH is 1. The molecule has 0 fully saturated rings. The molecule has 1 rings (SSSR count). The number of benzene rings is 1. The molecule has 0 saturated carbocycles. The Labute approximate surface area is 112 Å². The molecule has 1 atom stereocenters. The molecule has 1 aromatic carbocycles. The van der Waals surface area contributed by atoms with Gasteiger partial charge in [-0.1, -0.05) is 12.1 Å². The van der Waals surface area contributed by atoms with Gasteiger partial charge in [-0.25, -0.2) is 0 Å². The fourth-order valence-electron chi connectivity index (χ4n) is 1.38. The van der Waals surface area contributed by atoms with Gasteiger partial charge in [-0.2, -0.15) is 0 Å². The van der Waals surface area contributed by atoms with Crippen LogP contribution in [0.25, 0.3) is 6.08 Å². The van der Waals surface area contributed by atoms with Gasteiger partial charge in [-0.05, 0) is 30.7 Å². The van der Waals surface area contributed by atoms with E-state index in [0.29, 0.717) is 5.56 Å². The number of aliphatic hydroxyl groups is 1. The Kier molecular flexibility index (Phi) is 5.26. The van der Waals surface area contributed by atoms with Crippen LogP contribution in [0.1, 0.15) is 22.8 Å². The van der Waals surface area contributed by atoms with Crippen LogP contribution in [0.2, 0.25) is 0 Å². The van der Waals surface area contributed by atoms with Gasteiger partial charge in [0.25, 0.3) is 0 Å². The van der Waals surface area contributed by atoms with Crippen LogP contribution in [0.4, 0.5) is 0 Å². The van der Waals surface area contributed by atoms with E-state index in [1.165, 1.54) is 11.0 Å². The van der Waals surface area contributed by atoms with E-state index >= 15 is 0 Å². The smallest absolute Gasteiger partial charge is 0.248 e. The van der Waals surface area contributed by atoms with Gasteiger partial charge >= 0.3 is 0 Å². The maximum absolute atomic E-state index is 11.7. The van der Waals surface area contributed by atoms with Crippen LogP contribution in [0.15, 0.2) is 30.3 Å². The summed E-state index contributed by atoms with van der Waals surface area (Å²) in [5.41, 5.74) is 6.35. The van der Waals surface area contributed by atoms with Crippen molar-refractivity contribution in [1.29, 1.82) is 0 Å². The quantitative estimate of drug-likeness (QED) is 0.764. The second-order valence-electron chi connectivity index (χ2n) is 4.30. The normalized spacial score (nSPS) is 12.4. The third-order valence-electron chi connectivity index (χ3n) is 2.89. The fraction of sp³-hybridized carbons (Fsp3) is 0.286. The van der Waals surface area contributed by atoms with E-state index in [0.717, 1.165) is 5.56 Å². The van der Waals surface area contributed by atoms with E-state index in [2.05, 4.69) is 0 Å². The molecule has 1 unspecified atom stereocenters. The molecule has 0 aliphatic carbocycles. The number of rotatable bonds is 5. The molecule has 5 nitrogen and oxygen atoms in total. The third kappa shape index (κ3) is 4.22. The Morgan fingerprint density at radius 1 is 1.37 bits per heavy atom. The molecule has 0 spiro atoms. The molecule has 0 heterocycles. The molecule has 0 bridgehead atoms. The van der Waals surface area contributed by atoms with Gasteiger partial charge < -0.3 is 15.7 Å². The average molecular weight is 262 g/mol. The van der Waals surface area contributed by atoms with Crippen molar-refractivity contribution in [3.8, 4) is 0 Å². The lowest BCUT2D eigenvalue weighted by Crippen LogP contribution is -2.36. The molecule has 0 aromatic heterocycles. The number of likely N-dealkylation sites (N-methyl/N-ethyl adjacent to an activating group) is 1. The number of primary amides is 1. The Bertz CT molecular complexity index is 480. The zero-order chi connectivity index (χ0) is 14.4. The van der Waals surface area contributed by atoms with Crippen molar-refractivity contribution in [2.45, 2.75) is 13.0 Å². The van der Waals surface area contributed by atoms with Gasteiger partial charge in [0.2, 0.25) is 11.8 Å². The Morgan fingerprint density at radius 2 is 1.95 bits per heavy atom. The summed E-state index contributed by atoms with van der Waals surface area (Å²) in [6.07, 6.45) is 3.07. The van der Waals surface area contributed by atoms with Crippen molar-refractivity contribution in [3.05, 3.63) is 41.5 Å². The standard InChI is InChI=1S/C14H18N2O3/c1-10(9-17)16(2)13(18)8-5-11-3-6-12(7-4-11)14(15)19/h3-8,10,17H,9H2,1-2H3,(H2,15,19)/b8-5+. The molecule has 3 N–H and O–H groups in total. The minimum absolute atomic E-state index is 0.0800. The summed E-state index contributed by atoms with van der Waals surface area (Å²) >= 11 is 0. The summed E-state index contributed by atoms with van der Waals surface area (Å²) < 4.78 is 0. The van der Waals surface area contributed by atoms with Gasteiger partial charge in [-0.3, -0.25) is 9.59 Å². The molecular formula is C14H18N2O3. The first kappa shape index (κ1) is 14.9. The average Bonchev–Trinajstić information content (AvgIpc) is 2.43. The second kappa shape index (κ2) is 6.70. The topological polar surface area (TPSA) is 83.6 Å². The SMILES string of the molecule is CC(CO)N(C)C(=O)/C=C/c1ccc(C(N)=O)cc1. The number of hydrogen-bond acceptors (Lipinski definition) is 3. The van der Waals surface area contributed by atoms with Crippen molar-refractivity contribution >= 4 is 17.9 Å². The molecule has 0 saturated heterocycles. The summed E-state index contributed by atoms with van der Waals surface area (Å²) in [7, 11) is 1.63. The molecule has 102 valence electrons. The first-order valence-corrected chi connectivity index (χ1v) is 5.91. The molecule has 5 heteroatoms. The summed E-state index contributed by atoms with van der Waals surface area (Å²) in [4.78, 5) is 24.1.